The van der Waals surface area contributed by atoms with Crippen LogP contribution in [0.2, 0.25) is 0 Å². The van der Waals surface area contributed by atoms with E-state index < -0.39 is 9.84 Å². The molecule has 0 saturated carbocycles. The molecule has 0 aromatic heterocycles. The molecule has 0 aromatic rings. The molecule has 0 spiro atoms. The molecule has 1 atom stereocenters. The molecule has 0 aliphatic carbocycles. The van der Waals surface area contributed by atoms with Crippen molar-refractivity contribution in [2.24, 2.45) is 11.1 Å². The Hall–Kier alpha value is -0.660. The summed E-state index contributed by atoms with van der Waals surface area (Å²) in [6.45, 7) is 8.57. The average Bonchev–Trinajstić information content (AvgIpc) is 2.77. The highest BCUT2D eigenvalue weighted by Crippen LogP contribution is 2.18. The Morgan fingerprint density at radius 2 is 2.00 bits per heavy atom. The molecule has 1 rings (SSSR count). The number of carbonyl (C=O) groups is 1. The van der Waals surface area contributed by atoms with Crippen LogP contribution in [0, 0.1) is 5.41 Å². The maximum atomic E-state index is 12.3. The summed E-state index contributed by atoms with van der Waals surface area (Å²) >= 11 is 0. The molecular formula is C14H29N3O3S. The highest BCUT2D eigenvalue weighted by molar-refractivity contribution is 7.91. The Labute approximate surface area is 128 Å². The molecule has 21 heavy (non-hydrogen) atoms. The van der Waals surface area contributed by atoms with Crippen molar-refractivity contribution >= 4 is 15.7 Å². The molecule has 0 aromatic carbocycles. The van der Waals surface area contributed by atoms with Gasteiger partial charge in [-0.3, -0.25) is 9.69 Å². The van der Waals surface area contributed by atoms with E-state index in [0.717, 1.165) is 13.1 Å². The number of hydrogen-bond acceptors (Lipinski definition) is 5. The van der Waals surface area contributed by atoms with Crippen molar-refractivity contribution in [2.45, 2.75) is 33.2 Å². The number of likely N-dealkylation sites (N-methyl/N-ethyl adjacent to an activating group) is 2. The quantitative estimate of drug-likeness (QED) is 0.711. The third-order valence-electron chi connectivity index (χ3n) is 4.16. The van der Waals surface area contributed by atoms with Crippen molar-refractivity contribution in [2.75, 3.05) is 44.7 Å². The van der Waals surface area contributed by atoms with Gasteiger partial charge in [0.15, 0.2) is 9.84 Å². The van der Waals surface area contributed by atoms with E-state index in [4.69, 9.17) is 5.73 Å². The monoisotopic (exact) mass is 319 g/mol. The van der Waals surface area contributed by atoms with E-state index in [0.29, 0.717) is 19.5 Å². The van der Waals surface area contributed by atoms with Crippen LogP contribution in [0.1, 0.15) is 27.2 Å². The van der Waals surface area contributed by atoms with Gasteiger partial charge in [-0.25, -0.2) is 8.42 Å². The second-order valence-electron chi connectivity index (χ2n) is 6.73. The first-order chi connectivity index (χ1) is 9.60. The van der Waals surface area contributed by atoms with Gasteiger partial charge >= 0.3 is 0 Å². The van der Waals surface area contributed by atoms with Gasteiger partial charge in [0.25, 0.3) is 0 Å². The lowest BCUT2D eigenvalue weighted by atomic mass is 9.93. The van der Waals surface area contributed by atoms with Gasteiger partial charge in [0, 0.05) is 19.6 Å². The minimum absolute atomic E-state index is 0.0215. The first-order valence-electron chi connectivity index (χ1n) is 7.49. The van der Waals surface area contributed by atoms with Gasteiger partial charge in [-0.15, -0.1) is 0 Å². The second kappa shape index (κ2) is 7.07. The molecule has 1 fully saturated rings. The molecule has 1 heterocycles. The van der Waals surface area contributed by atoms with E-state index in [2.05, 4.69) is 18.7 Å². The Morgan fingerprint density at radius 3 is 2.43 bits per heavy atom. The van der Waals surface area contributed by atoms with Crippen LogP contribution in [0.3, 0.4) is 0 Å². The molecule has 1 amide bonds. The molecule has 124 valence electrons. The van der Waals surface area contributed by atoms with Crippen LogP contribution in [-0.4, -0.2) is 74.9 Å². The third kappa shape index (κ3) is 5.56. The lowest BCUT2D eigenvalue weighted by molar-refractivity contribution is -0.133. The molecule has 1 aliphatic heterocycles. The van der Waals surface area contributed by atoms with Crippen LogP contribution in [0.5, 0.6) is 0 Å². The first kappa shape index (κ1) is 18.4. The van der Waals surface area contributed by atoms with E-state index in [1.165, 1.54) is 0 Å². The minimum atomic E-state index is -2.96. The molecule has 1 unspecified atom stereocenters. The van der Waals surface area contributed by atoms with Crippen molar-refractivity contribution in [3.63, 3.8) is 0 Å². The van der Waals surface area contributed by atoms with E-state index in [-0.39, 0.29) is 28.9 Å². The minimum Gasteiger partial charge on any atom is -0.341 e. The average molecular weight is 319 g/mol. The van der Waals surface area contributed by atoms with Gasteiger partial charge in [-0.1, -0.05) is 20.8 Å². The lowest BCUT2D eigenvalue weighted by Gasteiger charge is -2.32. The zero-order valence-electron chi connectivity index (χ0n) is 13.6. The predicted molar refractivity (Wildman–Crippen MR) is 84.8 cm³/mol. The van der Waals surface area contributed by atoms with Gasteiger partial charge < -0.3 is 10.6 Å². The summed E-state index contributed by atoms with van der Waals surface area (Å²) in [5.74, 6) is 0.259. The van der Waals surface area contributed by atoms with Crippen molar-refractivity contribution in [3.05, 3.63) is 0 Å². The van der Waals surface area contributed by atoms with Crippen LogP contribution >= 0.6 is 0 Å². The van der Waals surface area contributed by atoms with Crippen molar-refractivity contribution in [3.8, 4) is 0 Å². The molecule has 7 heteroatoms. The summed E-state index contributed by atoms with van der Waals surface area (Å²) in [7, 11) is -1.26. The molecule has 0 radical (unpaired) electrons. The molecule has 6 nitrogen and oxygen atoms in total. The van der Waals surface area contributed by atoms with Gasteiger partial charge in [0.1, 0.15) is 0 Å². The van der Waals surface area contributed by atoms with Crippen LogP contribution < -0.4 is 5.73 Å². The molecule has 1 aliphatic rings. The largest absolute Gasteiger partial charge is 0.341 e. The highest BCUT2D eigenvalue weighted by atomic mass is 32.2. The second-order valence-corrected chi connectivity index (χ2v) is 8.96. The number of hydrogen-bond donors (Lipinski definition) is 1. The van der Waals surface area contributed by atoms with Crippen LogP contribution in [0.15, 0.2) is 0 Å². The maximum Gasteiger partial charge on any atom is 0.236 e. The summed E-state index contributed by atoms with van der Waals surface area (Å²) in [5, 5.41) is 0. The van der Waals surface area contributed by atoms with Crippen LogP contribution in [-0.2, 0) is 14.6 Å². The summed E-state index contributed by atoms with van der Waals surface area (Å²) in [4.78, 5) is 16.0. The Balaban J connectivity index is 2.58. The molecule has 0 bridgehead atoms. The number of rotatable bonds is 7. The van der Waals surface area contributed by atoms with Gasteiger partial charge in [0.05, 0.1) is 18.1 Å². The Bertz CT molecular complexity index is 462. The summed E-state index contributed by atoms with van der Waals surface area (Å²) < 4.78 is 23.0. The summed E-state index contributed by atoms with van der Waals surface area (Å²) in [6, 6.07) is -0.177. The lowest BCUT2D eigenvalue weighted by Crippen LogP contribution is -2.47. The van der Waals surface area contributed by atoms with Crippen molar-refractivity contribution < 1.29 is 13.2 Å². The van der Waals surface area contributed by atoms with Crippen LogP contribution in [0.4, 0.5) is 0 Å². The maximum absolute atomic E-state index is 12.3. The topological polar surface area (TPSA) is 83.7 Å². The first-order valence-corrected chi connectivity index (χ1v) is 9.31. The van der Waals surface area contributed by atoms with Gasteiger partial charge in [0.2, 0.25) is 5.91 Å². The number of amides is 1. The number of sulfone groups is 1. The van der Waals surface area contributed by atoms with Gasteiger partial charge in [-0.05, 0) is 24.9 Å². The zero-order valence-corrected chi connectivity index (χ0v) is 14.4. The SMILES string of the molecule is CCN(CC(=O)N(C)C1CCS(=O)(=O)C1)CC(C)(C)CN. The fraction of sp³-hybridized carbons (Fsp3) is 0.929. The van der Waals surface area contributed by atoms with E-state index in [9.17, 15) is 13.2 Å². The molecule has 2 N–H and O–H groups in total. The number of carbonyl (C=O) groups excluding carboxylic acids is 1. The third-order valence-corrected chi connectivity index (χ3v) is 5.91. The zero-order chi connectivity index (χ0) is 16.3. The van der Waals surface area contributed by atoms with Crippen molar-refractivity contribution in [1.29, 1.82) is 0 Å². The smallest absolute Gasteiger partial charge is 0.236 e. The standard InChI is InChI=1S/C14H29N3O3S/c1-5-17(11-14(2,3)10-15)8-13(18)16(4)12-6-7-21(19,20)9-12/h12H,5-11,15H2,1-4H3. The normalized spacial score (nSPS) is 21.7. The van der Waals surface area contributed by atoms with Crippen molar-refractivity contribution in [1.82, 2.24) is 9.80 Å². The van der Waals surface area contributed by atoms with Gasteiger partial charge in [-0.2, -0.15) is 0 Å². The fourth-order valence-corrected chi connectivity index (χ4v) is 4.31. The van der Waals surface area contributed by atoms with E-state index in [1.54, 1.807) is 11.9 Å². The molecule has 1 saturated heterocycles. The summed E-state index contributed by atoms with van der Waals surface area (Å²) in [6.07, 6.45) is 0.547. The number of nitrogens with two attached hydrogens (primary N) is 1. The Kier molecular flexibility index (Phi) is 6.19. The van der Waals surface area contributed by atoms with E-state index >= 15 is 0 Å². The number of nitrogens with zero attached hydrogens (tertiary/aromatic N) is 2. The Morgan fingerprint density at radius 1 is 1.38 bits per heavy atom. The predicted octanol–water partition coefficient (Wildman–Crippen LogP) is -0.0613. The fourth-order valence-electron chi connectivity index (χ4n) is 2.54. The van der Waals surface area contributed by atoms with Crippen LogP contribution in [0.25, 0.3) is 0 Å². The molecular weight excluding hydrogens is 290 g/mol. The summed E-state index contributed by atoms with van der Waals surface area (Å²) in [5.41, 5.74) is 5.70. The highest BCUT2D eigenvalue weighted by Gasteiger charge is 2.33. The van der Waals surface area contributed by atoms with E-state index in [1.807, 2.05) is 6.92 Å².